The van der Waals surface area contributed by atoms with Gasteiger partial charge < -0.3 is 13.2 Å². The van der Waals surface area contributed by atoms with Gasteiger partial charge in [0.1, 0.15) is 0 Å². The highest BCUT2D eigenvalue weighted by atomic mass is 31.2. The van der Waals surface area contributed by atoms with E-state index in [0.29, 0.717) is 0 Å². The minimum atomic E-state index is -1.65. The van der Waals surface area contributed by atoms with Crippen molar-refractivity contribution in [3.8, 4) is 0 Å². The van der Waals surface area contributed by atoms with Gasteiger partial charge in [-0.3, -0.25) is 4.90 Å². The fourth-order valence-corrected chi connectivity index (χ4v) is 10.3. The van der Waals surface area contributed by atoms with Gasteiger partial charge in [-0.15, -0.1) is 0 Å². The van der Waals surface area contributed by atoms with E-state index in [4.69, 9.17) is 13.2 Å². The first-order valence-electron chi connectivity index (χ1n) is 9.14. The third kappa shape index (κ3) is 5.87. The topological polar surface area (TPSA) is 30.9 Å². The largest absolute Gasteiger partial charge is 0.379 e. The van der Waals surface area contributed by atoms with E-state index in [9.17, 15) is 0 Å². The molecule has 1 heterocycles. The van der Waals surface area contributed by atoms with Crippen molar-refractivity contribution < 1.29 is 13.2 Å². The first kappa shape index (κ1) is 20.0. The molecule has 1 aliphatic carbocycles. The lowest BCUT2D eigenvalue weighted by Crippen LogP contribution is -2.55. The standard InChI is InChI=1S/C16H36NO3PSi2/c1-22(2,3)19-21(20-23(4,5)6)16(10-8-7-9-11-16)17-12-14-18-15-13-17/h7-15H2,1-6H3. The Balaban J connectivity index is 2.29. The van der Waals surface area contributed by atoms with Crippen LogP contribution in [0.5, 0.6) is 0 Å². The average Bonchev–Trinajstić information content (AvgIpc) is 2.45. The quantitative estimate of drug-likeness (QED) is 0.482. The van der Waals surface area contributed by atoms with Gasteiger partial charge in [-0.1, -0.05) is 19.3 Å². The van der Waals surface area contributed by atoms with Crippen LogP contribution in [0.15, 0.2) is 0 Å². The Morgan fingerprint density at radius 1 is 0.826 bits per heavy atom. The number of hydrogen-bond donors (Lipinski definition) is 0. The number of morpholine rings is 1. The molecule has 0 aromatic rings. The molecule has 0 atom stereocenters. The Morgan fingerprint density at radius 3 is 1.74 bits per heavy atom. The Morgan fingerprint density at radius 2 is 1.30 bits per heavy atom. The van der Waals surface area contributed by atoms with Gasteiger partial charge in [0.15, 0.2) is 25.0 Å². The normalized spacial score (nSPS) is 24.1. The molecule has 2 fully saturated rings. The van der Waals surface area contributed by atoms with Crippen molar-refractivity contribution in [1.29, 1.82) is 0 Å². The van der Waals surface area contributed by atoms with Crippen LogP contribution in [-0.4, -0.2) is 53.1 Å². The number of nitrogens with zero attached hydrogens (tertiary/aromatic N) is 1. The van der Waals surface area contributed by atoms with Gasteiger partial charge in [-0.2, -0.15) is 0 Å². The van der Waals surface area contributed by atoms with Crippen LogP contribution >= 0.6 is 8.38 Å². The number of hydrogen-bond acceptors (Lipinski definition) is 4. The Bertz CT molecular complexity index is 357. The number of ether oxygens (including phenoxy) is 1. The van der Waals surface area contributed by atoms with Crippen LogP contribution < -0.4 is 0 Å². The van der Waals surface area contributed by atoms with Crippen LogP contribution in [0.25, 0.3) is 0 Å². The Labute approximate surface area is 146 Å². The molecule has 1 saturated heterocycles. The Hall–Kier alpha value is 0.704. The van der Waals surface area contributed by atoms with Crippen LogP contribution in [0.4, 0.5) is 0 Å². The lowest BCUT2D eigenvalue weighted by Gasteiger charge is -2.52. The summed E-state index contributed by atoms with van der Waals surface area (Å²) in [6.07, 6.45) is 6.43. The van der Waals surface area contributed by atoms with E-state index < -0.39 is 25.0 Å². The van der Waals surface area contributed by atoms with Gasteiger partial charge in [-0.25, -0.2) is 0 Å². The summed E-state index contributed by atoms with van der Waals surface area (Å²) < 4.78 is 19.1. The molecule has 4 nitrogen and oxygen atoms in total. The van der Waals surface area contributed by atoms with Crippen LogP contribution in [0.2, 0.25) is 39.3 Å². The molecule has 2 rings (SSSR count). The van der Waals surface area contributed by atoms with Gasteiger partial charge >= 0.3 is 0 Å². The lowest BCUT2D eigenvalue weighted by atomic mass is 9.93. The molecule has 23 heavy (non-hydrogen) atoms. The van der Waals surface area contributed by atoms with E-state index in [1.54, 1.807) is 0 Å². The van der Waals surface area contributed by atoms with Crippen molar-refractivity contribution in [1.82, 2.24) is 4.90 Å². The first-order valence-corrected chi connectivity index (χ1v) is 17.1. The molecule has 7 heteroatoms. The molecule has 0 N–H and O–H groups in total. The van der Waals surface area contributed by atoms with Crippen molar-refractivity contribution in [3.05, 3.63) is 0 Å². The Kier molecular flexibility index (Phi) is 6.91. The molecule has 0 radical (unpaired) electrons. The summed E-state index contributed by atoms with van der Waals surface area (Å²) >= 11 is 0. The maximum Gasteiger partial charge on any atom is 0.191 e. The molecule has 1 aliphatic heterocycles. The predicted octanol–water partition coefficient (Wildman–Crippen LogP) is 4.99. The fourth-order valence-electron chi connectivity index (χ4n) is 3.40. The fraction of sp³-hybridized carbons (Fsp3) is 1.00. The molecule has 2 aliphatic rings. The molecule has 136 valence electrons. The summed E-state index contributed by atoms with van der Waals surface area (Å²) in [5.74, 6) is 0. The zero-order valence-electron chi connectivity index (χ0n) is 16.0. The van der Waals surface area contributed by atoms with Crippen molar-refractivity contribution in [3.63, 3.8) is 0 Å². The maximum absolute atomic E-state index is 6.74. The summed E-state index contributed by atoms with van der Waals surface area (Å²) in [6, 6.07) is 0. The summed E-state index contributed by atoms with van der Waals surface area (Å²) in [5.41, 5.74) is 0. The van der Waals surface area contributed by atoms with Crippen molar-refractivity contribution in [2.24, 2.45) is 0 Å². The highest BCUT2D eigenvalue weighted by Crippen LogP contribution is 2.62. The summed E-state index contributed by atoms with van der Waals surface area (Å²) in [7, 11) is -4.16. The van der Waals surface area contributed by atoms with Crippen LogP contribution in [0, 0.1) is 0 Å². The minimum absolute atomic E-state index is 0.123. The molecule has 0 amide bonds. The molecule has 0 aromatic carbocycles. The third-order valence-electron chi connectivity index (χ3n) is 4.31. The maximum atomic E-state index is 6.74. The van der Waals surface area contributed by atoms with E-state index >= 15 is 0 Å². The molecular weight excluding hydrogens is 341 g/mol. The monoisotopic (exact) mass is 377 g/mol. The second-order valence-electron chi connectivity index (χ2n) is 8.81. The smallest absolute Gasteiger partial charge is 0.191 e. The number of rotatable bonds is 6. The highest BCUT2D eigenvalue weighted by molar-refractivity contribution is 7.52. The molecule has 0 unspecified atom stereocenters. The van der Waals surface area contributed by atoms with Gasteiger partial charge in [-0.05, 0) is 52.1 Å². The average molecular weight is 378 g/mol. The van der Waals surface area contributed by atoms with E-state index in [0.717, 1.165) is 26.3 Å². The predicted molar refractivity (Wildman–Crippen MR) is 104 cm³/mol. The van der Waals surface area contributed by atoms with Crippen LogP contribution in [-0.2, 0) is 13.2 Å². The SMILES string of the molecule is C[Si](C)(C)OP(O[Si](C)(C)C)C1(N2CCOCC2)CCCCC1. The molecular formula is C16H36NO3PSi2. The summed E-state index contributed by atoms with van der Waals surface area (Å²) in [4.78, 5) is 2.67. The van der Waals surface area contributed by atoms with E-state index in [-0.39, 0.29) is 5.28 Å². The summed E-state index contributed by atoms with van der Waals surface area (Å²) in [5, 5.41) is 0.123. The van der Waals surface area contributed by atoms with Crippen LogP contribution in [0.3, 0.4) is 0 Å². The van der Waals surface area contributed by atoms with E-state index in [1.807, 2.05) is 0 Å². The highest BCUT2D eigenvalue weighted by Gasteiger charge is 2.50. The van der Waals surface area contributed by atoms with Gasteiger partial charge in [0.25, 0.3) is 0 Å². The lowest BCUT2D eigenvalue weighted by molar-refractivity contribution is -0.00925. The van der Waals surface area contributed by atoms with Crippen molar-refractivity contribution >= 4 is 25.0 Å². The molecule has 0 aromatic heterocycles. The second kappa shape index (κ2) is 7.94. The zero-order chi connectivity index (χ0) is 17.1. The summed E-state index contributed by atoms with van der Waals surface area (Å²) in [6.45, 7) is 17.5. The molecule has 1 saturated carbocycles. The van der Waals surface area contributed by atoms with E-state index in [2.05, 4.69) is 44.2 Å². The van der Waals surface area contributed by atoms with Crippen LogP contribution in [0.1, 0.15) is 32.1 Å². The third-order valence-corrected chi connectivity index (χ3v) is 11.4. The minimum Gasteiger partial charge on any atom is -0.379 e. The van der Waals surface area contributed by atoms with E-state index in [1.165, 1.54) is 32.1 Å². The molecule has 0 bridgehead atoms. The van der Waals surface area contributed by atoms with Gasteiger partial charge in [0.05, 0.1) is 18.5 Å². The first-order chi connectivity index (χ1) is 10.6. The van der Waals surface area contributed by atoms with Gasteiger partial charge in [0, 0.05) is 13.1 Å². The molecule has 0 spiro atoms. The van der Waals surface area contributed by atoms with Gasteiger partial charge in [0.2, 0.25) is 0 Å². The second-order valence-corrected chi connectivity index (χ2v) is 20.1. The van der Waals surface area contributed by atoms with Crippen molar-refractivity contribution in [2.75, 3.05) is 26.3 Å². The van der Waals surface area contributed by atoms with Crippen molar-refractivity contribution in [2.45, 2.75) is 76.7 Å². The zero-order valence-corrected chi connectivity index (χ0v) is 18.9.